The molecule has 2 atom stereocenters. The van der Waals surface area contributed by atoms with E-state index >= 15 is 0 Å². The number of amides is 2. The molecule has 0 heterocycles. The van der Waals surface area contributed by atoms with Gasteiger partial charge in [-0.3, -0.25) is 24.0 Å². The summed E-state index contributed by atoms with van der Waals surface area (Å²) in [5.41, 5.74) is 0.832. The van der Waals surface area contributed by atoms with Crippen molar-refractivity contribution in [2.24, 2.45) is 0 Å². The smallest absolute Gasteiger partial charge is 0.271 e. The number of non-ortho nitro benzene ring substituents is 1. The molecule has 2 aromatic carbocycles. The van der Waals surface area contributed by atoms with Crippen LogP contribution in [-0.4, -0.2) is 54.9 Å². The normalized spacial score (nSPS) is 12.9. The highest BCUT2D eigenvalue weighted by molar-refractivity contribution is 7.92. The molecule has 0 radical (unpaired) electrons. The van der Waals surface area contributed by atoms with Gasteiger partial charge in [-0.2, -0.15) is 0 Å². The van der Waals surface area contributed by atoms with Gasteiger partial charge in [-0.1, -0.05) is 36.7 Å². The van der Waals surface area contributed by atoms with E-state index in [0.29, 0.717) is 22.6 Å². The van der Waals surface area contributed by atoms with E-state index in [4.69, 9.17) is 11.6 Å². The Morgan fingerprint density at radius 2 is 1.75 bits per heavy atom. The molecule has 0 aliphatic rings. The summed E-state index contributed by atoms with van der Waals surface area (Å²) in [4.78, 5) is 38.4. The summed E-state index contributed by atoms with van der Waals surface area (Å²) < 4.78 is 26.2. The molecule has 0 saturated carbocycles. The van der Waals surface area contributed by atoms with Gasteiger partial charge in [-0.25, -0.2) is 8.42 Å². The maximum Gasteiger partial charge on any atom is 0.271 e. The van der Waals surface area contributed by atoms with E-state index in [0.717, 1.165) is 16.6 Å². The van der Waals surface area contributed by atoms with Gasteiger partial charge in [0, 0.05) is 29.7 Å². The number of nitro benzene ring substituents is 1. The van der Waals surface area contributed by atoms with Crippen LogP contribution in [0.25, 0.3) is 0 Å². The highest BCUT2D eigenvalue weighted by atomic mass is 35.5. The number of aryl methyl sites for hydroxylation is 1. The molecule has 0 aromatic heterocycles. The standard InChI is InChI=1S/C24H31ClN4O6S/c1-6-17(3)26-24(31)18(4)27(14-19-8-10-20(25)11-9-19)23(30)15-28(36(5,34)35)22-13-21(29(32)33)12-7-16(22)2/h7-13,17-18H,6,14-15H2,1-5H3,(H,26,31)/t17-,18-/m1/s1. The molecule has 2 aromatic rings. The zero-order valence-electron chi connectivity index (χ0n) is 20.9. The maximum absolute atomic E-state index is 13.6. The molecule has 0 aliphatic carbocycles. The second-order valence-corrected chi connectivity index (χ2v) is 11.0. The average Bonchev–Trinajstić information content (AvgIpc) is 2.81. The summed E-state index contributed by atoms with van der Waals surface area (Å²) in [6.07, 6.45) is 1.61. The number of nitro groups is 1. The number of benzene rings is 2. The van der Waals surface area contributed by atoms with Crippen molar-refractivity contribution in [1.29, 1.82) is 0 Å². The first-order valence-corrected chi connectivity index (χ1v) is 13.5. The van der Waals surface area contributed by atoms with Crippen molar-refractivity contribution in [2.45, 2.75) is 52.7 Å². The molecule has 0 aliphatic heterocycles. The lowest BCUT2D eigenvalue weighted by atomic mass is 10.1. The van der Waals surface area contributed by atoms with E-state index in [2.05, 4.69) is 5.32 Å². The van der Waals surface area contributed by atoms with Gasteiger partial charge in [-0.15, -0.1) is 0 Å². The first kappa shape index (κ1) is 29.1. The molecule has 10 nitrogen and oxygen atoms in total. The van der Waals surface area contributed by atoms with Gasteiger partial charge in [0.1, 0.15) is 12.6 Å². The Kier molecular flexibility index (Phi) is 9.83. The zero-order chi connectivity index (χ0) is 27.2. The molecule has 12 heteroatoms. The number of hydrogen-bond donors (Lipinski definition) is 1. The van der Waals surface area contributed by atoms with Crippen molar-refractivity contribution < 1.29 is 22.9 Å². The van der Waals surface area contributed by atoms with Crippen molar-refractivity contribution in [3.63, 3.8) is 0 Å². The predicted octanol–water partition coefficient (Wildman–Crippen LogP) is 3.65. The number of carbonyl (C=O) groups is 2. The molecule has 36 heavy (non-hydrogen) atoms. The SMILES string of the molecule is CC[C@@H](C)NC(=O)[C@@H](C)N(Cc1ccc(Cl)cc1)C(=O)CN(c1cc([N+](=O)[O-])ccc1C)S(C)(=O)=O. The number of halogens is 1. The molecule has 1 N–H and O–H groups in total. The van der Waals surface area contributed by atoms with E-state index in [1.165, 1.54) is 17.0 Å². The quantitative estimate of drug-likeness (QED) is 0.343. The summed E-state index contributed by atoms with van der Waals surface area (Å²) in [6.45, 7) is 6.29. The maximum atomic E-state index is 13.6. The Hall–Kier alpha value is -3.18. The van der Waals surface area contributed by atoms with Crippen LogP contribution in [0.4, 0.5) is 11.4 Å². The number of sulfonamides is 1. The highest BCUT2D eigenvalue weighted by Crippen LogP contribution is 2.28. The van der Waals surface area contributed by atoms with Crippen LogP contribution in [0.1, 0.15) is 38.3 Å². The van der Waals surface area contributed by atoms with E-state index < -0.39 is 33.4 Å². The van der Waals surface area contributed by atoms with Gasteiger partial charge >= 0.3 is 0 Å². The van der Waals surface area contributed by atoms with Crippen LogP contribution in [0.3, 0.4) is 0 Å². The molecule has 0 spiro atoms. The summed E-state index contributed by atoms with van der Waals surface area (Å²) in [5.74, 6) is -1.03. The first-order valence-electron chi connectivity index (χ1n) is 11.3. The second-order valence-electron chi connectivity index (χ2n) is 8.64. The Balaban J connectivity index is 2.47. The van der Waals surface area contributed by atoms with Gasteiger partial charge in [-0.05, 0) is 50.5 Å². The number of anilines is 1. The number of carbonyl (C=O) groups excluding carboxylic acids is 2. The summed E-state index contributed by atoms with van der Waals surface area (Å²) in [5, 5.41) is 14.6. The fourth-order valence-corrected chi connectivity index (χ4v) is 4.43. The fraction of sp³-hybridized carbons (Fsp3) is 0.417. The van der Waals surface area contributed by atoms with E-state index in [9.17, 15) is 28.1 Å². The van der Waals surface area contributed by atoms with Gasteiger partial charge < -0.3 is 10.2 Å². The largest absolute Gasteiger partial charge is 0.352 e. The third-order valence-electron chi connectivity index (χ3n) is 5.79. The van der Waals surface area contributed by atoms with Crippen molar-refractivity contribution in [3.8, 4) is 0 Å². The third kappa shape index (κ3) is 7.66. The lowest BCUT2D eigenvalue weighted by Gasteiger charge is -2.32. The third-order valence-corrected chi connectivity index (χ3v) is 7.16. The summed E-state index contributed by atoms with van der Waals surface area (Å²) >= 11 is 5.97. The van der Waals surface area contributed by atoms with E-state index in [1.807, 2.05) is 13.8 Å². The van der Waals surface area contributed by atoms with Crippen LogP contribution < -0.4 is 9.62 Å². The molecule has 196 valence electrons. The van der Waals surface area contributed by atoms with Crippen LogP contribution in [0, 0.1) is 17.0 Å². The zero-order valence-corrected chi connectivity index (χ0v) is 22.5. The molecular weight excluding hydrogens is 508 g/mol. The minimum atomic E-state index is -4.01. The Bertz CT molecular complexity index is 1220. The van der Waals surface area contributed by atoms with Crippen LogP contribution >= 0.6 is 11.6 Å². The van der Waals surface area contributed by atoms with E-state index in [1.54, 1.807) is 38.1 Å². The lowest BCUT2D eigenvalue weighted by molar-refractivity contribution is -0.384. The first-order chi connectivity index (χ1) is 16.7. The number of rotatable bonds is 11. The van der Waals surface area contributed by atoms with Gasteiger partial charge in [0.25, 0.3) is 5.69 Å². The summed E-state index contributed by atoms with van der Waals surface area (Å²) in [7, 11) is -4.01. The topological polar surface area (TPSA) is 130 Å². The Labute approximate surface area is 216 Å². The lowest BCUT2D eigenvalue weighted by Crippen LogP contribution is -2.52. The monoisotopic (exact) mass is 538 g/mol. The van der Waals surface area contributed by atoms with Crippen LogP contribution in [0.5, 0.6) is 0 Å². The Morgan fingerprint density at radius 1 is 1.14 bits per heavy atom. The molecule has 0 bridgehead atoms. The van der Waals surface area contributed by atoms with Gasteiger partial charge in [0.2, 0.25) is 21.8 Å². The molecule has 0 fully saturated rings. The minimum absolute atomic E-state index is 0.0169. The molecule has 2 amide bonds. The number of nitrogens with zero attached hydrogens (tertiary/aromatic N) is 3. The molecule has 0 unspecified atom stereocenters. The minimum Gasteiger partial charge on any atom is -0.352 e. The van der Waals surface area contributed by atoms with Crippen molar-refractivity contribution >= 4 is 44.8 Å². The fourth-order valence-electron chi connectivity index (χ4n) is 3.41. The predicted molar refractivity (Wildman–Crippen MR) is 139 cm³/mol. The van der Waals surface area contributed by atoms with Crippen molar-refractivity contribution in [3.05, 3.63) is 68.7 Å². The van der Waals surface area contributed by atoms with Gasteiger partial charge in [0.05, 0.1) is 16.9 Å². The van der Waals surface area contributed by atoms with Crippen LogP contribution in [-0.2, 0) is 26.2 Å². The molecular formula is C24H31ClN4O6S. The Morgan fingerprint density at radius 3 is 2.28 bits per heavy atom. The number of nitrogens with one attached hydrogen (secondary N) is 1. The average molecular weight is 539 g/mol. The summed E-state index contributed by atoms with van der Waals surface area (Å²) in [6, 6.07) is 9.48. The van der Waals surface area contributed by atoms with Gasteiger partial charge in [0.15, 0.2) is 0 Å². The van der Waals surface area contributed by atoms with Crippen molar-refractivity contribution in [2.75, 3.05) is 17.1 Å². The molecule has 2 rings (SSSR count). The highest BCUT2D eigenvalue weighted by Gasteiger charge is 2.31. The van der Waals surface area contributed by atoms with Crippen LogP contribution in [0.15, 0.2) is 42.5 Å². The van der Waals surface area contributed by atoms with E-state index in [-0.39, 0.29) is 29.9 Å². The molecule has 0 saturated heterocycles. The van der Waals surface area contributed by atoms with Crippen LogP contribution in [0.2, 0.25) is 5.02 Å². The second kappa shape index (κ2) is 12.2. The number of hydrogen-bond acceptors (Lipinski definition) is 6. The van der Waals surface area contributed by atoms with Crippen molar-refractivity contribution in [1.82, 2.24) is 10.2 Å².